The molecule has 2 heteroatoms. The van der Waals surface area contributed by atoms with Crippen LogP contribution in [-0.4, -0.2) is 0 Å². The van der Waals surface area contributed by atoms with Gasteiger partial charge in [-0.1, -0.05) is 54.1 Å². The minimum atomic E-state index is 0.736. The Kier molecular flexibility index (Phi) is 3.11. The summed E-state index contributed by atoms with van der Waals surface area (Å²) in [4.78, 5) is 0. The molecule has 0 heterocycles. The third kappa shape index (κ3) is 2.16. The van der Waals surface area contributed by atoms with E-state index in [9.17, 15) is 0 Å². The summed E-state index contributed by atoms with van der Waals surface area (Å²) >= 11 is 9.48. The first-order valence-electron chi connectivity index (χ1n) is 5.68. The Labute approximate surface area is 119 Å². The summed E-state index contributed by atoms with van der Waals surface area (Å²) < 4.78 is 0.926. The van der Waals surface area contributed by atoms with Gasteiger partial charge in [0.1, 0.15) is 0 Å². The van der Waals surface area contributed by atoms with E-state index in [2.05, 4.69) is 58.4 Å². The monoisotopic (exact) mass is 316 g/mol. The topological polar surface area (TPSA) is 0 Å². The van der Waals surface area contributed by atoms with Crippen LogP contribution in [0.1, 0.15) is 0 Å². The lowest BCUT2D eigenvalue weighted by atomic mass is 10.0. The molecule has 0 nitrogen and oxygen atoms in total. The van der Waals surface area contributed by atoms with Crippen LogP contribution < -0.4 is 0 Å². The van der Waals surface area contributed by atoms with Gasteiger partial charge >= 0.3 is 0 Å². The Hall–Kier alpha value is -1.31. The van der Waals surface area contributed by atoms with Crippen molar-refractivity contribution in [1.29, 1.82) is 0 Å². The summed E-state index contributed by atoms with van der Waals surface area (Å²) in [5, 5.41) is 3.25. The van der Waals surface area contributed by atoms with Gasteiger partial charge in [0.2, 0.25) is 0 Å². The number of rotatable bonds is 1. The smallest absolute Gasteiger partial charge is 0.0548 e. The highest BCUT2D eigenvalue weighted by atomic mass is 79.9. The van der Waals surface area contributed by atoms with Crippen LogP contribution in [0.25, 0.3) is 21.9 Å². The number of hydrogen-bond acceptors (Lipinski definition) is 0. The zero-order valence-electron chi connectivity index (χ0n) is 9.53. The average Bonchev–Trinajstić information content (AvgIpc) is 2.41. The van der Waals surface area contributed by atoms with Crippen molar-refractivity contribution in [3.63, 3.8) is 0 Å². The molecule has 0 fully saturated rings. The van der Waals surface area contributed by atoms with Crippen molar-refractivity contribution in [3.05, 3.63) is 70.2 Å². The quantitative estimate of drug-likeness (QED) is 0.522. The molecule has 18 heavy (non-hydrogen) atoms. The Morgan fingerprint density at radius 2 is 1.39 bits per heavy atom. The molecule has 0 aliphatic heterocycles. The van der Waals surface area contributed by atoms with E-state index in [4.69, 9.17) is 11.6 Å². The predicted molar refractivity (Wildman–Crippen MR) is 82.1 cm³/mol. The van der Waals surface area contributed by atoms with Gasteiger partial charge in [0, 0.05) is 4.47 Å². The largest absolute Gasteiger partial charge is 0.0831 e. The molecular weight excluding hydrogens is 308 g/mol. The molecule has 0 spiro atoms. The maximum absolute atomic E-state index is 6.02. The number of hydrogen-bond donors (Lipinski definition) is 0. The van der Waals surface area contributed by atoms with E-state index in [1.165, 1.54) is 16.3 Å². The van der Waals surface area contributed by atoms with Gasteiger partial charge in [-0.3, -0.25) is 0 Å². The fraction of sp³-hybridized carbons (Fsp3) is 0. The first-order chi connectivity index (χ1) is 8.74. The van der Waals surface area contributed by atoms with Crippen LogP contribution >= 0.6 is 27.5 Å². The van der Waals surface area contributed by atoms with E-state index in [1.54, 1.807) is 0 Å². The Bertz CT molecular complexity index is 719. The molecule has 0 N–H and O–H groups in total. The molecule has 0 radical (unpaired) electrons. The minimum Gasteiger partial charge on any atom is -0.0831 e. The van der Waals surface area contributed by atoms with Gasteiger partial charge in [-0.05, 0) is 56.0 Å². The van der Waals surface area contributed by atoms with E-state index >= 15 is 0 Å². The second kappa shape index (κ2) is 4.75. The normalized spacial score (nSPS) is 10.8. The van der Waals surface area contributed by atoms with Crippen LogP contribution in [0.4, 0.5) is 0 Å². The molecule has 0 saturated carbocycles. The van der Waals surface area contributed by atoms with Gasteiger partial charge in [-0.2, -0.15) is 0 Å². The predicted octanol–water partition coefficient (Wildman–Crippen LogP) is 5.92. The van der Waals surface area contributed by atoms with Crippen molar-refractivity contribution in [2.45, 2.75) is 0 Å². The van der Waals surface area contributed by atoms with Crippen LogP contribution in [0.3, 0.4) is 0 Å². The standard InChI is InChI=1S/C16H10BrCl/c17-15-10-14(7-8-16(15)18)13-6-5-11-3-1-2-4-12(11)9-13/h1-10H. The Morgan fingerprint density at radius 3 is 2.17 bits per heavy atom. The van der Waals surface area contributed by atoms with Crippen LogP contribution in [0, 0.1) is 0 Å². The maximum Gasteiger partial charge on any atom is 0.0548 e. The minimum absolute atomic E-state index is 0.736. The zero-order valence-corrected chi connectivity index (χ0v) is 11.9. The third-order valence-corrected chi connectivity index (χ3v) is 4.22. The van der Waals surface area contributed by atoms with Crippen LogP contribution in [0.5, 0.6) is 0 Å². The van der Waals surface area contributed by atoms with E-state index < -0.39 is 0 Å². The van der Waals surface area contributed by atoms with Crippen LogP contribution in [0.15, 0.2) is 65.1 Å². The average molecular weight is 318 g/mol. The van der Waals surface area contributed by atoms with Gasteiger partial charge in [0.15, 0.2) is 0 Å². The van der Waals surface area contributed by atoms with Gasteiger partial charge in [-0.25, -0.2) is 0 Å². The summed E-state index contributed by atoms with van der Waals surface area (Å²) in [5.41, 5.74) is 2.36. The summed E-state index contributed by atoms with van der Waals surface area (Å²) in [6, 6.07) is 20.8. The molecular formula is C16H10BrCl. The number of fused-ring (bicyclic) bond motifs is 1. The van der Waals surface area contributed by atoms with E-state index in [-0.39, 0.29) is 0 Å². The van der Waals surface area contributed by atoms with Gasteiger partial charge in [-0.15, -0.1) is 0 Å². The molecule has 3 aromatic rings. The van der Waals surface area contributed by atoms with E-state index in [0.717, 1.165) is 15.1 Å². The number of halogens is 2. The number of benzene rings is 3. The zero-order chi connectivity index (χ0) is 12.5. The third-order valence-electron chi connectivity index (χ3n) is 3.00. The molecule has 3 rings (SSSR count). The van der Waals surface area contributed by atoms with E-state index in [1.807, 2.05) is 18.2 Å². The highest BCUT2D eigenvalue weighted by Gasteiger charge is 2.02. The van der Waals surface area contributed by atoms with Crippen molar-refractivity contribution in [1.82, 2.24) is 0 Å². The lowest BCUT2D eigenvalue weighted by Crippen LogP contribution is -1.80. The van der Waals surface area contributed by atoms with E-state index in [0.29, 0.717) is 0 Å². The highest BCUT2D eigenvalue weighted by Crippen LogP contribution is 2.30. The summed E-state index contributed by atoms with van der Waals surface area (Å²) in [5.74, 6) is 0. The first-order valence-corrected chi connectivity index (χ1v) is 6.85. The lowest BCUT2D eigenvalue weighted by Gasteiger charge is -2.05. The van der Waals surface area contributed by atoms with Gasteiger partial charge in [0.25, 0.3) is 0 Å². The molecule has 0 bridgehead atoms. The lowest BCUT2D eigenvalue weighted by molar-refractivity contribution is 1.61. The first kappa shape index (κ1) is 11.8. The molecule has 0 amide bonds. The summed E-state index contributed by atoms with van der Waals surface area (Å²) in [6.45, 7) is 0. The van der Waals surface area contributed by atoms with Crippen molar-refractivity contribution >= 4 is 38.3 Å². The molecule has 0 saturated heterocycles. The maximum atomic E-state index is 6.02. The second-order valence-electron chi connectivity index (χ2n) is 4.19. The molecule has 0 atom stereocenters. The molecule has 88 valence electrons. The van der Waals surface area contributed by atoms with Gasteiger partial charge < -0.3 is 0 Å². The fourth-order valence-corrected chi connectivity index (χ4v) is 2.54. The molecule has 0 aliphatic rings. The van der Waals surface area contributed by atoms with Crippen LogP contribution in [-0.2, 0) is 0 Å². The second-order valence-corrected chi connectivity index (χ2v) is 5.45. The SMILES string of the molecule is Clc1ccc(-c2ccc3ccccc3c2)cc1Br. The van der Waals surface area contributed by atoms with Crippen molar-refractivity contribution in [2.24, 2.45) is 0 Å². The molecule has 0 aromatic heterocycles. The summed E-state index contributed by atoms with van der Waals surface area (Å²) in [7, 11) is 0. The summed E-state index contributed by atoms with van der Waals surface area (Å²) in [6.07, 6.45) is 0. The van der Waals surface area contributed by atoms with Crippen LogP contribution in [0.2, 0.25) is 5.02 Å². The molecule has 0 unspecified atom stereocenters. The highest BCUT2D eigenvalue weighted by molar-refractivity contribution is 9.10. The van der Waals surface area contributed by atoms with Crippen molar-refractivity contribution in [3.8, 4) is 11.1 Å². The Balaban J connectivity index is 2.16. The van der Waals surface area contributed by atoms with Crippen molar-refractivity contribution in [2.75, 3.05) is 0 Å². The van der Waals surface area contributed by atoms with Crippen molar-refractivity contribution < 1.29 is 0 Å². The molecule has 0 aliphatic carbocycles. The fourth-order valence-electron chi connectivity index (χ4n) is 2.04. The van der Waals surface area contributed by atoms with Gasteiger partial charge in [0.05, 0.1) is 5.02 Å². The molecule has 3 aromatic carbocycles. The Morgan fingerprint density at radius 1 is 0.722 bits per heavy atom.